The first kappa shape index (κ1) is 18.7. The van der Waals surface area contributed by atoms with Crippen LogP contribution in [0.2, 0.25) is 0 Å². The van der Waals surface area contributed by atoms with Gasteiger partial charge in [0.2, 0.25) is 0 Å². The Hall–Kier alpha value is -1.68. The molecule has 1 heterocycles. The zero-order valence-electron chi connectivity index (χ0n) is 13.2. The zero-order valence-corrected chi connectivity index (χ0v) is 14.8. The topological polar surface area (TPSA) is 93.1 Å². The van der Waals surface area contributed by atoms with E-state index in [4.69, 9.17) is 0 Å². The summed E-state index contributed by atoms with van der Waals surface area (Å²) in [5, 5.41) is 0. The molecule has 1 aromatic carbocycles. The molecule has 1 aliphatic heterocycles. The smallest absolute Gasteiger partial charge is 0.409 e. The number of halogens is 1. The Morgan fingerprint density at radius 1 is 1.29 bits per heavy atom. The third-order valence-corrected chi connectivity index (χ3v) is 7.85. The van der Waals surface area contributed by atoms with Crippen LogP contribution in [-0.2, 0) is 24.5 Å². The second-order valence-electron chi connectivity index (χ2n) is 5.33. The lowest BCUT2D eigenvalue weighted by Gasteiger charge is -2.27. The van der Waals surface area contributed by atoms with Gasteiger partial charge in [-0.3, -0.25) is 0 Å². The first-order valence-corrected chi connectivity index (χ1v) is 10.6. The Morgan fingerprint density at radius 3 is 2.42 bits per heavy atom. The van der Waals surface area contributed by atoms with Crippen LogP contribution in [0.25, 0.3) is 0 Å². The Labute approximate surface area is 141 Å². The predicted molar refractivity (Wildman–Crippen MR) is 87.6 cm³/mol. The van der Waals surface area contributed by atoms with Gasteiger partial charge in [-0.1, -0.05) is 17.7 Å². The van der Waals surface area contributed by atoms with Crippen molar-refractivity contribution in [1.82, 2.24) is 4.90 Å². The minimum absolute atomic E-state index is 0.0133. The van der Waals surface area contributed by atoms with Crippen molar-refractivity contribution in [2.45, 2.75) is 11.8 Å². The van der Waals surface area contributed by atoms with Gasteiger partial charge in [0.25, 0.3) is 10.0 Å². The number of amides is 1. The highest BCUT2D eigenvalue weighted by molar-refractivity contribution is 8.03. The van der Waals surface area contributed by atoms with Crippen LogP contribution in [0.1, 0.15) is 5.56 Å². The maximum atomic E-state index is 12.7. The fourth-order valence-electron chi connectivity index (χ4n) is 2.13. The van der Waals surface area contributed by atoms with Gasteiger partial charge in [-0.15, -0.1) is 3.77 Å². The normalized spacial score (nSPS) is 17.3. The molecule has 0 saturated carbocycles. The van der Waals surface area contributed by atoms with Gasteiger partial charge >= 0.3 is 6.09 Å². The largest absolute Gasteiger partial charge is 0.447 e. The van der Waals surface area contributed by atoms with Gasteiger partial charge in [0.05, 0.1) is 26.1 Å². The number of alkyl halides is 1. The Bertz CT molecular complexity index is 800. The molecule has 2 rings (SSSR count). The van der Waals surface area contributed by atoms with E-state index in [-0.39, 0.29) is 36.1 Å². The monoisotopic (exact) mass is 378 g/mol. The predicted octanol–water partition coefficient (Wildman–Crippen LogP) is 1.57. The van der Waals surface area contributed by atoms with Crippen molar-refractivity contribution in [2.75, 3.05) is 37.9 Å². The summed E-state index contributed by atoms with van der Waals surface area (Å²) in [6.07, 6.45) is -0.699. The van der Waals surface area contributed by atoms with Crippen LogP contribution in [0.15, 0.2) is 32.9 Å². The van der Waals surface area contributed by atoms with Crippen molar-refractivity contribution in [3.05, 3.63) is 29.8 Å². The number of aryl methyl sites for hydroxylation is 1. The average molecular weight is 378 g/mol. The highest BCUT2D eigenvalue weighted by atomic mass is 32.3. The van der Waals surface area contributed by atoms with Crippen molar-refractivity contribution in [1.29, 1.82) is 0 Å². The fourth-order valence-corrected chi connectivity index (χ4v) is 6.19. The number of ether oxygens (including phenoxy) is 1. The standard InChI is InChI=1S/C14H19FN2O5S2/c1-12-2-4-13(5-3-12)24(20,21)16-23(19)10-7-17(8-11-23)14(18)22-9-6-15/h2-5H,6-11H2,1H3. The third-order valence-electron chi connectivity index (χ3n) is 3.47. The molecule has 134 valence electrons. The Kier molecular flexibility index (Phi) is 5.81. The molecule has 0 atom stereocenters. The van der Waals surface area contributed by atoms with Crippen LogP contribution in [0.4, 0.5) is 9.18 Å². The molecule has 10 heteroatoms. The van der Waals surface area contributed by atoms with Gasteiger partial charge < -0.3 is 9.64 Å². The van der Waals surface area contributed by atoms with Crippen molar-refractivity contribution in [2.24, 2.45) is 3.77 Å². The van der Waals surface area contributed by atoms with Crippen molar-refractivity contribution >= 4 is 25.8 Å². The first-order chi connectivity index (χ1) is 11.3. The van der Waals surface area contributed by atoms with Gasteiger partial charge in [-0.05, 0) is 19.1 Å². The van der Waals surface area contributed by atoms with E-state index in [1.165, 1.54) is 17.0 Å². The van der Waals surface area contributed by atoms with Crippen LogP contribution in [0.5, 0.6) is 0 Å². The summed E-state index contributed by atoms with van der Waals surface area (Å²) < 4.78 is 57.5. The van der Waals surface area contributed by atoms with E-state index in [1.54, 1.807) is 12.1 Å². The molecule has 1 saturated heterocycles. The number of carbonyl (C=O) groups is 1. The second kappa shape index (κ2) is 7.47. The average Bonchev–Trinajstić information content (AvgIpc) is 2.53. The van der Waals surface area contributed by atoms with Crippen LogP contribution in [-0.4, -0.2) is 61.5 Å². The molecular formula is C14H19FN2O5S2. The van der Waals surface area contributed by atoms with Gasteiger partial charge in [-0.25, -0.2) is 13.4 Å². The number of carbonyl (C=O) groups excluding carboxylic acids is 1. The lowest BCUT2D eigenvalue weighted by Crippen LogP contribution is -2.44. The van der Waals surface area contributed by atoms with Crippen LogP contribution < -0.4 is 0 Å². The molecule has 0 spiro atoms. The number of hydrogen-bond acceptors (Lipinski definition) is 5. The van der Waals surface area contributed by atoms with Gasteiger partial charge in [0.1, 0.15) is 13.3 Å². The van der Waals surface area contributed by atoms with Crippen LogP contribution in [0, 0.1) is 6.92 Å². The maximum absolute atomic E-state index is 12.7. The number of nitrogens with zero attached hydrogens (tertiary/aromatic N) is 2. The van der Waals surface area contributed by atoms with Crippen molar-refractivity contribution < 1.29 is 26.5 Å². The lowest BCUT2D eigenvalue weighted by molar-refractivity contribution is 0.0994. The molecule has 7 nitrogen and oxygen atoms in total. The van der Waals surface area contributed by atoms with E-state index in [0.29, 0.717) is 0 Å². The van der Waals surface area contributed by atoms with Crippen LogP contribution >= 0.6 is 0 Å². The third kappa shape index (κ3) is 4.67. The fraction of sp³-hybridized carbons (Fsp3) is 0.500. The van der Waals surface area contributed by atoms with Gasteiger partial charge in [0, 0.05) is 13.1 Å². The van der Waals surface area contributed by atoms with E-state index >= 15 is 0 Å². The SMILES string of the molecule is Cc1ccc(S(=O)(=O)N=S2(=O)CCN(C(=O)OCCF)CC2)cc1. The van der Waals surface area contributed by atoms with Gasteiger partial charge in [-0.2, -0.15) is 8.42 Å². The number of benzene rings is 1. The summed E-state index contributed by atoms with van der Waals surface area (Å²) in [4.78, 5) is 12.9. The molecule has 1 aliphatic rings. The summed E-state index contributed by atoms with van der Waals surface area (Å²) in [6.45, 7) is 0.816. The lowest BCUT2D eigenvalue weighted by atomic mass is 10.2. The molecule has 0 aliphatic carbocycles. The molecule has 0 aromatic heterocycles. The Balaban J connectivity index is 2.12. The van der Waals surface area contributed by atoms with E-state index in [0.717, 1.165) is 5.56 Å². The molecule has 24 heavy (non-hydrogen) atoms. The summed E-state index contributed by atoms with van der Waals surface area (Å²) in [5.74, 6) is -0.133. The second-order valence-corrected chi connectivity index (χ2v) is 9.71. The molecule has 1 aromatic rings. The maximum Gasteiger partial charge on any atom is 0.409 e. The van der Waals surface area contributed by atoms with E-state index < -0.39 is 32.5 Å². The van der Waals surface area contributed by atoms with Gasteiger partial charge in [0.15, 0.2) is 0 Å². The number of rotatable bonds is 4. The first-order valence-electron chi connectivity index (χ1n) is 7.29. The number of hydrogen-bond donors (Lipinski definition) is 0. The molecular weight excluding hydrogens is 359 g/mol. The molecule has 0 unspecified atom stereocenters. The van der Waals surface area contributed by atoms with E-state index in [1.807, 2.05) is 6.92 Å². The molecule has 0 N–H and O–H groups in total. The molecule has 0 bridgehead atoms. The van der Waals surface area contributed by atoms with Crippen LogP contribution in [0.3, 0.4) is 0 Å². The summed E-state index contributed by atoms with van der Waals surface area (Å²) >= 11 is 0. The molecule has 0 radical (unpaired) electrons. The van der Waals surface area contributed by atoms with Crippen molar-refractivity contribution in [3.8, 4) is 0 Å². The summed E-state index contributed by atoms with van der Waals surface area (Å²) in [7, 11) is -7.00. The minimum atomic E-state index is -4.02. The minimum Gasteiger partial charge on any atom is -0.447 e. The summed E-state index contributed by atoms with van der Waals surface area (Å²) in [5.41, 5.74) is 0.901. The van der Waals surface area contributed by atoms with Crippen molar-refractivity contribution in [3.63, 3.8) is 0 Å². The zero-order chi connectivity index (χ0) is 17.8. The highest BCUT2D eigenvalue weighted by Gasteiger charge is 2.27. The van der Waals surface area contributed by atoms with E-state index in [9.17, 15) is 21.8 Å². The molecule has 1 fully saturated rings. The Morgan fingerprint density at radius 2 is 1.88 bits per heavy atom. The molecule has 1 amide bonds. The van der Waals surface area contributed by atoms with E-state index in [2.05, 4.69) is 8.50 Å². The highest BCUT2D eigenvalue weighted by Crippen LogP contribution is 2.18. The summed E-state index contributed by atoms with van der Waals surface area (Å²) in [6, 6.07) is 6.11. The number of sulfonamides is 1. The quantitative estimate of drug-likeness (QED) is 0.793.